The number of aliphatic imine (C=N–C) groups is 1. The number of carbonyl (C=O) groups is 2. The van der Waals surface area contributed by atoms with Gasteiger partial charge in [-0.25, -0.2) is 0 Å². The van der Waals surface area contributed by atoms with E-state index in [2.05, 4.69) is 22.0 Å². The van der Waals surface area contributed by atoms with Crippen molar-refractivity contribution in [2.75, 3.05) is 19.8 Å². The molecule has 1 fully saturated rings. The summed E-state index contributed by atoms with van der Waals surface area (Å²) in [5.41, 5.74) is 2.12. The molecule has 0 spiro atoms. The minimum Gasteiger partial charge on any atom is -0.475 e. The van der Waals surface area contributed by atoms with Crippen LogP contribution in [0.2, 0.25) is 0 Å². The van der Waals surface area contributed by atoms with Crippen LogP contribution in [0.15, 0.2) is 58.9 Å². The SMILES string of the molecule is C=C(O/N=C(\C)CNC(=O)[C@@H]1C[C@@H](O)CN1C(=O)CC1=CC(C)=NCO1)c1ccccc1. The predicted octanol–water partition coefficient (Wildman–Crippen LogP) is 1.85. The molecule has 0 radical (unpaired) electrons. The average molecular weight is 441 g/mol. The van der Waals surface area contributed by atoms with Gasteiger partial charge in [0.25, 0.3) is 0 Å². The van der Waals surface area contributed by atoms with Gasteiger partial charge in [0.2, 0.25) is 11.8 Å². The Morgan fingerprint density at radius 2 is 2.12 bits per heavy atom. The molecule has 0 saturated carbocycles. The molecule has 2 amide bonds. The molecule has 0 aromatic heterocycles. The highest BCUT2D eigenvalue weighted by Crippen LogP contribution is 2.21. The van der Waals surface area contributed by atoms with Crippen LogP contribution in [-0.4, -0.2) is 65.2 Å². The quantitative estimate of drug-likeness (QED) is 0.364. The second-order valence-corrected chi connectivity index (χ2v) is 7.74. The minimum absolute atomic E-state index is 0.0132. The number of likely N-dealkylation sites (tertiary alicyclic amines) is 1. The number of nitrogens with zero attached hydrogens (tertiary/aromatic N) is 3. The Labute approximate surface area is 187 Å². The number of carbonyl (C=O) groups excluding carboxylic acids is 2. The van der Waals surface area contributed by atoms with Crippen LogP contribution < -0.4 is 5.32 Å². The Balaban J connectivity index is 1.53. The number of oxime groups is 1. The molecular weight excluding hydrogens is 412 g/mol. The summed E-state index contributed by atoms with van der Waals surface area (Å²) in [6.45, 7) is 7.79. The summed E-state index contributed by atoms with van der Waals surface area (Å²) in [7, 11) is 0. The molecule has 3 rings (SSSR count). The molecule has 0 aliphatic carbocycles. The molecule has 2 heterocycles. The fraction of sp³-hybridized carbons (Fsp3) is 0.391. The monoisotopic (exact) mass is 440 g/mol. The lowest BCUT2D eigenvalue weighted by Crippen LogP contribution is -2.47. The van der Waals surface area contributed by atoms with Crippen LogP contribution in [0.5, 0.6) is 0 Å². The number of ether oxygens (including phenoxy) is 1. The molecule has 1 aromatic carbocycles. The third-order valence-corrected chi connectivity index (χ3v) is 5.09. The van der Waals surface area contributed by atoms with Crippen molar-refractivity contribution in [3.8, 4) is 0 Å². The van der Waals surface area contributed by atoms with Crippen LogP contribution in [0.4, 0.5) is 0 Å². The first-order chi connectivity index (χ1) is 15.3. The molecular formula is C23H28N4O5. The molecule has 1 saturated heterocycles. The third-order valence-electron chi connectivity index (χ3n) is 5.09. The number of amides is 2. The number of β-amino-alcohol motifs (C(OH)–C–C–N with tert-alkyl or cyclic N) is 1. The zero-order valence-corrected chi connectivity index (χ0v) is 18.3. The van der Waals surface area contributed by atoms with Gasteiger partial charge in [0.15, 0.2) is 12.5 Å². The van der Waals surface area contributed by atoms with Crippen LogP contribution in [0.25, 0.3) is 5.76 Å². The molecule has 170 valence electrons. The van der Waals surface area contributed by atoms with Crippen molar-refractivity contribution >= 4 is 29.0 Å². The first-order valence-electron chi connectivity index (χ1n) is 10.4. The average Bonchev–Trinajstić information content (AvgIpc) is 3.18. The fourth-order valence-electron chi connectivity index (χ4n) is 3.40. The van der Waals surface area contributed by atoms with E-state index in [0.717, 1.165) is 11.3 Å². The highest BCUT2D eigenvalue weighted by molar-refractivity contribution is 5.95. The van der Waals surface area contributed by atoms with Crippen LogP contribution >= 0.6 is 0 Å². The number of hydrogen-bond donors (Lipinski definition) is 2. The van der Waals surface area contributed by atoms with Gasteiger partial charge in [-0.05, 0) is 19.9 Å². The van der Waals surface area contributed by atoms with E-state index in [-0.39, 0.29) is 44.5 Å². The highest BCUT2D eigenvalue weighted by atomic mass is 16.6. The van der Waals surface area contributed by atoms with Gasteiger partial charge in [-0.1, -0.05) is 42.1 Å². The lowest BCUT2D eigenvalue weighted by molar-refractivity contribution is -0.138. The zero-order valence-electron chi connectivity index (χ0n) is 18.3. The molecule has 0 bridgehead atoms. The van der Waals surface area contributed by atoms with E-state index in [1.807, 2.05) is 37.3 Å². The number of hydrogen-bond acceptors (Lipinski definition) is 7. The Morgan fingerprint density at radius 1 is 1.38 bits per heavy atom. The second kappa shape index (κ2) is 10.7. The van der Waals surface area contributed by atoms with E-state index in [0.29, 0.717) is 17.2 Å². The van der Waals surface area contributed by atoms with Crippen molar-refractivity contribution in [1.29, 1.82) is 0 Å². The predicted molar refractivity (Wildman–Crippen MR) is 121 cm³/mol. The molecule has 32 heavy (non-hydrogen) atoms. The van der Waals surface area contributed by atoms with E-state index in [9.17, 15) is 14.7 Å². The highest BCUT2D eigenvalue weighted by Gasteiger charge is 2.39. The molecule has 2 N–H and O–H groups in total. The molecule has 9 nitrogen and oxygen atoms in total. The Bertz CT molecular complexity index is 954. The number of aliphatic hydroxyl groups excluding tert-OH is 1. The minimum atomic E-state index is -0.760. The summed E-state index contributed by atoms with van der Waals surface area (Å²) in [4.78, 5) is 36.3. The van der Waals surface area contributed by atoms with Gasteiger partial charge in [-0.15, -0.1) is 0 Å². The smallest absolute Gasteiger partial charge is 0.243 e. The van der Waals surface area contributed by atoms with E-state index >= 15 is 0 Å². The molecule has 1 aromatic rings. The van der Waals surface area contributed by atoms with Crippen LogP contribution in [0.3, 0.4) is 0 Å². The van der Waals surface area contributed by atoms with Crippen molar-refractivity contribution in [1.82, 2.24) is 10.2 Å². The standard InChI is InChI=1S/C23H28N4O5/c1-15-9-20(31-14-25-15)11-22(29)27-13-19(28)10-21(27)23(30)24-12-16(2)26-32-17(3)18-7-5-4-6-8-18/h4-9,19,21,28H,3,10-14H2,1-2H3,(H,24,30)/b26-16+/t19-,21+/m1/s1. The summed E-state index contributed by atoms with van der Waals surface area (Å²) in [6, 6.07) is 8.58. The molecule has 2 atom stereocenters. The van der Waals surface area contributed by atoms with Gasteiger partial charge in [-0.3, -0.25) is 14.6 Å². The van der Waals surface area contributed by atoms with Crippen molar-refractivity contribution in [3.63, 3.8) is 0 Å². The van der Waals surface area contributed by atoms with Gasteiger partial charge in [-0.2, -0.15) is 0 Å². The Kier molecular flexibility index (Phi) is 7.77. The number of benzene rings is 1. The lowest BCUT2D eigenvalue weighted by Gasteiger charge is -2.24. The summed E-state index contributed by atoms with van der Waals surface area (Å²) < 4.78 is 5.38. The number of rotatable bonds is 8. The Hall–Kier alpha value is -3.46. The van der Waals surface area contributed by atoms with Crippen molar-refractivity contribution in [2.24, 2.45) is 10.1 Å². The van der Waals surface area contributed by atoms with E-state index in [1.165, 1.54) is 4.90 Å². The largest absolute Gasteiger partial charge is 0.475 e. The van der Waals surface area contributed by atoms with Gasteiger partial charge >= 0.3 is 0 Å². The van der Waals surface area contributed by atoms with Gasteiger partial charge < -0.3 is 24.9 Å². The molecule has 9 heteroatoms. The molecule has 0 unspecified atom stereocenters. The van der Waals surface area contributed by atoms with Crippen molar-refractivity contribution in [3.05, 3.63) is 54.3 Å². The number of nitrogens with one attached hydrogen (secondary N) is 1. The zero-order chi connectivity index (χ0) is 23.1. The third kappa shape index (κ3) is 6.27. The first kappa shape index (κ1) is 23.2. The number of aliphatic hydroxyl groups is 1. The maximum absolute atomic E-state index is 12.8. The molecule has 2 aliphatic rings. The summed E-state index contributed by atoms with van der Waals surface area (Å²) in [5, 5.41) is 16.8. The van der Waals surface area contributed by atoms with E-state index < -0.39 is 12.1 Å². The van der Waals surface area contributed by atoms with Crippen molar-refractivity contribution in [2.45, 2.75) is 38.8 Å². The topological polar surface area (TPSA) is 113 Å². The second-order valence-electron chi connectivity index (χ2n) is 7.74. The van der Waals surface area contributed by atoms with Gasteiger partial charge in [0, 0.05) is 24.2 Å². The lowest BCUT2D eigenvalue weighted by atomic mass is 10.1. The molecule has 2 aliphatic heterocycles. The summed E-state index contributed by atoms with van der Waals surface area (Å²) in [6.07, 6.45) is 1.13. The van der Waals surface area contributed by atoms with Gasteiger partial charge in [0.05, 0.1) is 24.8 Å². The normalized spacial score (nSPS) is 20.7. The van der Waals surface area contributed by atoms with E-state index in [1.54, 1.807) is 13.0 Å². The van der Waals surface area contributed by atoms with Crippen molar-refractivity contribution < 1.29 is 24.3 Å². The summed E-state index contributed by atoms with van der Waals surface area (Å²) in [5.74, 6) is 0.256. The van der Waals surface area contributed by atoms with Crippen LogP contribution in [0.1, 0.15) is 32.3 Å². The fourth-order valence-corrected chi connectivity index (χ4v) is 3.40. The summed E-state index contributed by atoms with van der Waals surface area (Å²) >= 11 is 0. The van der Waals surface area contributed by atoms with Crippen LogP contribution in [0, 0.1) is 0 Å². The Morgan fingerprint density at radius 3 is 2.84 bits per heavy atom. The van der Waals surface area contributed by atoms with E-state index in [4.69, 9.17) is 9.57 Å². The maximum Gasteiger partial charge on any atom is 0.243 e. The number of allylic oxidation sites excluding steroid dienone is 1. The maximum atomic E-state index is 12.8. The van der Waals surface area contributed by atoms with Gasteiger partial charge in [0.1, 0.15) is 11.8 Å². The van der Waals surface area contributed by atoms with Crippen LogP contribution in [-0.2, 0) is 19.2 Å². The first-order valence-corrected chi connectivity index (χ1v) is 10.4.